The molecule has 0 spiro atoms. The molecule has 8 rings (SSSR count). The van der Waals surface area contributed by atoms with Gasteiger partial charge < -0.3 is 20.2 Å². The van der Waals surface area contributed by atoms with Crippen LogP contribution in [0.5, 0.6) is 11.6 Å². The van der Waals surface area contributed by atoms with Gasteiger partial charge in [-0.25, -0.2) is 14.5 Å². The number of aryl methyl sites for hydroxylation is 1. The summed E-state index contributed by atoms with van der Waals surface area (Å²) in [6, 6.07) is 12.7. The first-order chi connectivity index (χ1) is 21.9. The molecule has 1 aromatic carbocycles. The number of fused-ring (bicyclic) bond motifs is 1. The second-order valence-electron chi connectivity index (χ2n) is 15.5. The molecule has 0 radical (unpaired) electrons. The predicted octanol–water partition coefficient (Wildman–Crippen LogP) is 8.37. The van der Waals surface area contributed by atoms with E-state index in [1.807, 2.05) is 41.2 Å². The molecule has 4 bridgehead atoms. The Hall–Kier alpha value is -3.85. The number of hydrogen-bond acceptors (Lipinski definition) is 6. The van der Waals surface area contributed by atoms with Gasteiger partial charge in [0.25, 0.3) is 0 Å². The first-order valence-electron chi connectivity index (χ1n) is 16.8. The number of aromatic nitrogens is 3. The zero-order valence-electron chi connectivity index (χ0n) is 28.3. The van der Waals surface area contributed by atoms with Crippen LogP contribution in [0.4, 0.5) is 11.4 Å². The van der Waals surface area contributed by atoms with E-state index in [2.05, 4.69) is 69.4 Å². The fourth-order valence-corrected chi connectivity index (χ4v) is 9.04. The third-order valence-electron chi connectivity index (χ3n) is 11.3. The van der Waals surface area contributed by atoms with Crippen LogP contribution in [0.1, 0.15) is 64.0 Å². The molecule has 4 aliphatic rings. The van der Waals surface area contributed by atoms with Gasteiger partial charge in [-0.1, -0.05) is 20.8 Å². The summed E-state index contributed by atoms with van der Waals surface area (Å²) < 4.78 is 13.8. The van der Waals surface area contributed by atoms with E-state index in [0.29, 0.717) is 29.6 Å². The largest absolute Gasteiger partial charge is 0.543 e. The van der Waals surface area contributed by atoms with E-state index in [1.54, 1.807) is 7.11 Å². The number of nitrogens with two attached hydrogens (primary N) is 1. The van der Waals surface area contributed by atoms with Gasteiger partial charge in [-0.15, -0.1) is 0 Å². The SMILES string of the molecule is COc1ccc(-c2cc3c(NC4C5CC6CC(C5)CC4C6)c(C(N)=Nc4ccc(O[Si](C)(C)C(C)(C)C)cc4C)cnn3c2)cn1. The molecular formula is C37H48N6O2Si. The number of hydrogen-bond donors (Lipinski definition) is 2. The lowest BCUT2D eigenvalue weighted by atomic mass is 9.54. The van der Waals surface area contributed by atoms with Crippen LogP contribution in [0, 0.1) is 30.6 Å². The van der Waals surface area contributed by atoms with E-state index >= 15 is 0 Å². The molecule has 9 heteroatoms. The Labute approximate surface area is 274 Å². The van der Waals surface area contributed by atoms with Gasteiger partial charge in [-0.05, 0) is 117 Å². The number of rotatable bonds is 8. The average molecular weight is 637 g/mol. The second-order valence-corrected chi connectivity index (χ2v) is 20.2. The van der Waals surface area contributed by atoms with Gasteiger partial charge in [-0.3, -0.25) is 0 Å². The van der Waals surface area contributed by atoms with Gasteiger partial charge in [0.15, 0.2) is 0 Å². The molecule has 4 aromatic rings. The number of methoxy groups -OCH3 is 1. The molecule has 0 saturated heterocycles. The molecule has 0 unspecified atom stereocenters. The van der Waals surface area contributed by atoms with Crippen molar-refractivity contribution in [1.82, 2.24) is 14.6 Å². The van der Waals surface area contributed by atoms with Gasteiger partial charge in [0, 0.05) is 35.6 Å². The Bertz CT molecular complexity index is 1760. The average Bonchev–Trinajstić information content (AvgIpc) is 3.44. The zero-order chi connectivity index (χ0) is 32.4. The molecule has 4 saturated carbocycles. The highest BCUT2D eigenvalue weighted by Gasteiger charge is 2.48. The predicted molar refractivity (Wildman–Crippen MR) is 189 cm³/mol. The van der Waals surface area contributed by atoms with Crippen molar-refractivity contribution < 1.29 is 9.16 Å². The number of nitrogens with zero attached hydrogens (tertiary/aromatic N) is 4. The Morgan fingerprint density at radius 2 is 1.70 bits per heavy atom. The number of pyridine rings is 1. The van der Waals surface area contributed by atoms with Crippen LogP contribution in [0.3, 0.4) is 0 Å². The first-order valence-corrected chi connectivity index (χ1v) is 19.7. The molecule has 0 atom stereocenters. The summed E-state index contributed by atoms with van der Waals surface area (Å²) in [6.45, 7) is 13.4. The Morgan fingerprint density at radius 1 is 0.978 bits per heavy atom. The van der Waals surface area contributed by atoms with Crippen molar-refractivity contribution >= 4 is 31.0 Å². The molecule has 0 amide bonds. The Morgan fingerprint density at radius 3 is 2.30 bits per heavy atom. The summed E-state index contributed by atoms with van der Waals surface area (Å²) in [4.78, 5) is 9.42. The van der Waals surface area contributed by atoms with Crippen LogP contribution in [-0.2, 0) is 0 Å². The van der Waals surface area contributed by atoms with Crippen molar-refractivity contribution in [3.05, 3.63) is 66.1 Å². The standard InChI is InChI=1S/C37H48N6O2Si/c1-22-12-29(45-46(6,7)37(2,3)4)9-10-31(22)41-36(38)30-20-40-43-21-28(25-8-11-33(44-5)39-19-25)18-32(43)35(30)42-34-26-14-23-13-24(16-26)17-27(34)15-23/h8-12,18-21,23-24,26-27,34,42H,13-17H2,1-7H3,(H2,38,41). The molecule has 8 nitrogen and oxygen atoms in total. The maximum Gasteiger partial charge on any atom is 0.250 e. The number of amidine groups is 1. The van der Waals surface area contributed by atoms with Crippen molar-refractivity contribution in [2.24, 2.45) is 34.4 Å². The summed E-state index contributed by atoms with van der Waals surface area (Å²) in [5.74, 6) is 5.14. The fourth-order valence-electron chi connectivity index (χ4n) is 8.01. The lowest BCUT2D eigenvalue weighted by Gasteiger charge is -2.54. The maximum absolute atomic E-state index is 6.90. The highest BCUT2D eigenvalue weighted by molar-refractivity contribution is 6.74. The van der Waals surface area contributed by atoms with Gasteiger partial charge in [0.1, 0.15) is 11.6 Å². The van der Waals surface area contributed by atoms with Gasteiger partial charge >= 0.3 is 0 Å². The van der Waals surface area contributed by atoms with Crippen molar-refractivity contribution in [2.75, 3.05) is 12.4 Å². The molecule has 46 heavy (non-hydrogen) atoms. The van der Waals surface area contributed by atoms with Crippen molar-refractivity contribution in [3.8, 4) is 22.8 Å². The molecule has 4 aliphatic carbocycles. The summed E-state index contributed by atoms with van der Waals surface area (Å²) in [6.07, 6.45) is 12.5. The minimum atomic E-state index is -1.95. The first kappa shape index (κ1) is 30.8. The fraction of sp³-hybridized carbons (Fsp3) is 0.486. The Balaban J connectivity index is 1.26. The second kappa shape index (κ2) is 11.4. The molecule has 3 aromatic heterocycles. The minimum Gasteiger partial charge on any atom is -0.543 e. The lowest BCUT2D eigenvalue weighted by Crippen LogP contribution is -2.51. The van der Waals surface area contributed by atoms with Crippen LogP contribution in [0.25, 0.3) is 16.6 Å². The molecule has 3 N–H and O–H groups in total. The topological polar surface area (TPSA) is 99.1 Å². The third kappa shape index (κ3) is 5.67. The smallest absolute Gasteiger partial charge is 0.250 e. The number of ether oxygens (including phenoxy) is 1. The van der Waals surface area contributed by atoms with Crippen molar-refractivity contribution in [1.29, 1.82) is 0 Å². The van der Waals surface area contributed by atoms with Crippen LogP contribution in [-0.4, -0.2) is 41.9 Å². The van der Waals surface area contributed by atoms with E-state index in [4.69, 9.17) is 25.0 Å². The molecular weight excluding hydrogens is 589 g/mol. The lowest BCUT2D eigenvalue weighted by molar-refractivity contribution is 0.00756. The van der Waals surface area contributed by atoms with E-state index in [9.17, 15) is 0 Å². The van der Waals surface area contributed by atoms with Crippen molar-refractivity contribution in [2.45, 2.75) is 84.0 Å². The molecule has 4 fully saturated rings. The highest BCUT2D eigenvalue weighted by Crippen LogP contribution is 2.54. The highest BCUT2D eigenvalue weighted by atomic mass is 28.4. The van der Waals surface area contributed by atoms with Crippen LogP contribution < -0.4 is 20.2 Å². The number of aliphatic imine (C=N–C) groups is 1. The summed E-state index contributed by atoms with van der Waals surface area (Å²) >= 11 is 0. The summed E-state index contributed by atoms with van der Waals surface area (Å²) in [7, 11) is -0.322. The van der Waals surface area contributed by atoms with E-state index in [0.717, 1.165) is 56.7 Å². The number of nitrogens with one attached hydrogen (secondary N) is 1. The van der Waals surface area contributed by atoms with Gasteiger partial charge in [-0.2, -0.15) is 5.10 Å². The minimum absolute atomic E-state index is 0.122. The van der Waals surface area contributed by atoms with Crippen LogP contribution in [0.15, 0.2) is 60.0 Å². The normalized spacial score (nSPS) is 24.4. The molecule has 242 valence electrons. The number of benzene rings is 1. The molecule has 0 aliphatic heterocycles. The van der Waals surface area contributed by atoms with Crippen molar-refractivity contribution in [3.63, 3.8) is 0 Å². The zero-order valence-corrected chi connectivity index (χ0v) is 29.3. The summed E-state index contributed by atoms with van der Waals surface area (Å²) in [5.41, 5.74) is 13.6. The van der Waals surface area contributed by atoms with Crippen LogP contribution in [0.2, 0.25) is 18.1 Å². The maximum atomic E-state index is 6.90. The van der Waals surface area contributed by atoms with Gasteiger partial charge in [0.2, 0.25) is 14.2 Å². The number of anilines is 1. The monoisotopic (exact) mass is 636 g/mol. The van der Waals surface area contributed by atoms with E-state index < -0.39 is 8.32 Å². The van der Waals surface area contributed by atoms with E-state index in [-0.39, 0.29) is 5.04 Å². The Kier molecular flexibility index (Phi) is 7.65. The summed E-state index contributed by atoms with van der Waals surface area (Å²) in [5, 5.41) is 9.02. The van der Waals surface area contributed by atoms with Crippen LogP contribution >= 0.6 is 0 Å². The van der Waals surface area contributed by atoms with Gasteiger partial charge in [0.05, 0.1) is 35.8 Å². The van der Waals surface area contributed by atoms with E-state index in [1.165, 1.54) is 32.1 Å². The molecule has 3 heterocycles. The quantitative estimate of drug-likeness (QED) is 0.115. The third-order valence-corrected chi connectivity index (χ3v) is 15.7.